The molecule has 0 aliphatic heterocycles. The maximum Gasteiger partial charge on any atom is 0.312 e. The zero-order valence-electron chi connectivity index (χ0n) is 5.83. The molecule has 5 nitrogen and oxygen atoms in total. The highest BCUT2D eigenvalue weighted by atomic mass is 16.5. The van der Waals surface area contributed by atoms with Gasteiger partial charge in [0.2, 0.25) is 0 Å². The van der Waals surface area contributed by atoms with E-state index in [4.69, 9.17) is 10.8 Å². The minimum absolute atomic E-state index is 0.128. The van der Waals surface area contributed by atoms with E-state index >= 15 is 0 Å². The van der Waals surface area contributed by atoms with Gasteiger partial charge in [0.05, 0.1) is 12.7 Å². The Kier molecular flexibility index (Phi) is 4.61. The van der Waals surface area contributed by atoms with Crippen molar-refractivity contribution in [3.63, 3.8) is 0 Å². The van der Waals surface area contributed by atoms with Crippen LogP contribution in [0.5, 0.6) is 0 Å². The lowest BCUT2D eigenvalue weighted by molar-refractivity contribution is 0.0662. The van der Waals surface area contributed by atoms with Crippen LogP contribution < -0.4 is 11.1 Å². The maximum atomic E-state index is 10.1. The molecule has 5 heteroatoms. The topological polar surface area (TPSA) is 84.6 Å². The molecular formula is C5H12N2O3. The van der Waals surface area contributed by atoms with Crippen molar-refractivity contribution in [3.8, 4) is 0 Å². The van der Waals surface area contributed by atoms with Gasteiger partial charge in [0.15, 0.2) is 0 Å². The van der Waals surface area contributed by atoms with Crippen LogP contribution in [-0.2, 0) is 4.74 Å². The normalized spacial score (nSPS) is 12.6. The zero-order valence-corrected chi connectivity index (χ0v) is 5.83. The van der Waals surface area contributed by atoms with Gasteiger partial charge in [-0.3, -0.25) is 0 Å². The highest BCUT2D eigenvalue weighted by Crippen LogP contribution is 1.79. The van der Waals surface area contributed by atoms with Crippen molar-refractivity contribution in [2.75, 3.05) is 20.3 Å². The van der Waals surface area contributed by atoms with E-state index in [1.165, 1.54) is 7.11 Å². The van der Waals surface area contributed by atoms with Gasteiger partial charge in [-0.05, 0) is 0 Å². The van der Waals surface area contributed by atoms with Crippen molar-refractivity contribution in [2.24, 2.45) is 5.73 Å². The predicted octanol–water partition coefficient (Wildman–Crippen LogP) is -1.34. The fourth-order valence-electron chi connectivity index (χ4n) is 0.470. The number of carbonyl (C=O) groups excluding carboxylic acids is 1. The van der Waals surface area contributed by atoms with Gasteiger partial charge < -0.3 is 20.9 Å². The van der Waals surface area contributed by atoms with E-state index < -0.39 is 12.1 Å². The summed E-state index contributed by atoms with van der Waals surface area (Å²) in [5.41, 5.74) is 4.73. The second kappa shape index (κ2) is 5.01. The van der Waals surface area contributed by atoms with Gasteiger partial charge in [-0.25, -0.2) is 4.79 Å². The third-order valence-electron chi connectivity index (χ3n) is 0.871. The van der Waals surface area contributed by atoms with Crippen molar-refractivity contribution < 1.29 is 14.6 Å². The number of hydrogen-bond acceptors (Lipinski definition) is 3. The zero-order chi connectivity index (χ0) is 7.98. The number of carbonyl (C=O) groups is 1. The largest absolute Gasteiger partial charge is 0.389 e. The Hall–Kier alpha value is -0.810. The Balaban J connectivity index is 3.21. The van der Waals surface area contributed by atoms with E-state index in [1.807, 2.05) is 0 Å². The molecule has 0 saturated carbocycles. The monoisotopic (exact) mass is 148 g/mol. The number of primary amides is 1. The number of urea groups is 1. The van der Waals surface area contributed by atoms with Gasteiger partial charge in [0.25, 0.3) is 0 Å². The van der Waals surface area contributed by atoms with Crippen LogP contribution in [0.25, 0.3) is 0 Å². The first kappa shape index (κ1) is 9.19. The number of methoxy groups -OCH3 is 1. The molecule has 0 aliphatic rings. The first-order chi connectivity index (χ1) is 4.66. The summed E-state index contributed by atoms with van der Waals surface area (Å²) < 4.78 is 4.59. The molecule has 1 atom stereocenters. The Labute approximate surface area is 59.2 Å². The molecule has 0 rings (SSSR count). The summed E-state index contributed by atoms with van der Waals surface area (Å²) in [6, 6.07) is -0.643. The highest BCUT2D eigenvalue weighted by Gasteiger charge is 2.02. The van der Waals surface area contributed by atoms with E-state index in [0.717, 1.165) is 0 Å². The summed E-state index contributed by atoms with van der Waals surface area (Å²) in [6.07, 6.45) is -0.683. The molecule has 4 N–H and O–H groups in total. The van der Waals surface area contributed by atoms with Gasteiger partial charge in [-0.15, -0.1) is 0 Å². The van der Waals surface area contributed by atoms with Gasteiger partial charge in [-0.2, -0.15) is 0 Å². The van der Waals surface area contributed by atoms with Crippen molar-refractivity contribution in [1.82, 2.24) is 5.32 Å². The Morgan fingerprint density at radius 1 is 1.90 bits per heavy atom. The maximum absolute atomic E-state index is 10.1. The number of hydrogen-bond donors (Lipinski definition) is 3. The van der Waals surface area contributed by atoms with E-state index in [1.54, 1.807) is 0 Å². The Morgan fingerprint density at radius 2 is 2.50 bits per heavy atom. The molecule has 0 radical (unpaired) electrons. The minimum atomic E-state index is -0.683. The SMILES string of the molecule is COC[C@@H](O)CNC(N)=O. The Bertz CT molecular complexity index is 107. The summed E-state index contributed by atoms with van der Waals surface area (Å²) >= 11 is 0. The summed E-state index contributed by atoms with van der Waals surface area (Å²) in [5, 5.41) is 11.1. The van der Waals surface area contributed by atoms with Crippen LogP contribution in [0.15, 0.2) is 0 Å². The number of ether oxygens (including phenoxy) is 1. The van der Waals surface area contributed by atoms with Crippen LogP contribution in [0.1, 0.15) is 0 Å². The lowest BCUT2D eigenvalue weighted by Crippen LogP contribution is -2.37. The average molecular weight is 148 g/mol. The second-order valence-corrected chi connectivity index (χ2v) is 1.85. The van der Waals surface area contributed by atoms with Crippen molar-refractivity contribution in [1.29, 1.82) is 0 Å². The number of aliphatic hydroxyl groups is 1. The second-order valence-electron chi connectivity index (χ2n) is 1.85. The van der Waals surface area contributed by atoms with Crippen LogP contribution >= 0.6 is 0 Å². The fraction of sp³-hybridized carbons (Fsp3) is 0.800. The lowest BCUT2D eigenvalue weighted by atomic mass is 10.4. The number of nitrogens with two attached hydrogens (primary N) is 1. The summed E-state index contributed by atoms with van der Waals surface area (Å²) in [4.78, 5) is 10.1. The molecule has 0 unspecified atom stereocenters. The van der Waals surface area contributed by atoms with E-state index in [-0.39, 0.29) is 13.2 Å². The fourth-order valence-corrected chi connectivity index (χ4v) is 0.470. The van der Waals surface area contributed by atoms with Crippen LogP contribution in [0, 0.1) is 0 Å². The van der Waals surface area contributed by atoms with Gasteiger partial charge in [0.1, 0.15) is 0 Å². The molecule has 0 spiro atoms. The van der Waals surface area contributed by atoms with Crippen LogP contribution in [-0.4, -0.2) is 37.5 Å². The van der Waals surface area contributed by atoms with E-state index in [0.29, 0.717) is 0 Å². The molecule has 0 fully saturated rings. The average Bonchev–Trinajstić information content (AvgIpc) is 1.85. The smallest absolute Gasteiger partial charge is 0.312 e. The highest BCUT2D eigenvalue weighted by molar-refractivity contribution is 5.71. The third kappa shape index (κ3) is 5.33. The molecule has 0 aromatic heterocycles. The van der Waals surface area contributed by atoms with Crippen molar-refractivity contribution in [3.05, 3.63) is 0 Å². The molecule has 0 heterocycles. The van der Waals surface area contributed by atoms with Crippen molar-refractivity contribution in [2.45, 2.75) is 6.10 Å². The molecule has 0 saturated heterocycles. The summed E-state index contributed by atoms with van der Waals surface area (Å²) in [5.74, 6) is 0. The standard InChI is InChI=1S/C5H12N2O3/c1-10-3-4(8)2-7-5(6)9/h4,8H,2-3H2,1H3,(H3,6,7,9)/t4-/m0/s1. The van der Waals surface area contributed by atoms with Crippen LogP contribution in [0.4, 0.5) is 4.79 Å². The molecule has 0 bridgehead atoms. The van der Waals surface area contributed by atoms with Gasteiger partial charge >= 0.3 is 6.03 Å². The molecule has 60 valence electrons. The number of rotatable bonds is 4. The van der Waals surface area contributed by atoms with Crippen molar-refractivity contribution >= 4 is 6.03 Å². The van der Waals surface area contributed by atoms with E-state index in [2.05, 4.69) is 10.1 Å². The lowest BCUT2D eigenvalue weighted by Gasteiger charge is -2.08. The third-order valence-corrected chi connectivity index (χ3v) is 0.871. The first-order valence-corrected chi connectivity index (χ1v) is 2.87. The van der Waals surface area contributed by atoms with Gasteiger partial charge in [-0.1, -0.05) is 0 Å². The van der Waals surface area contributed by atoms with Crippen LogP contribution in [0.2, 0.25) is 0 Å². The quantitative estimate of drug-likeness (QED) is 0.461. The van der Waals surface area contributed by atoms with Crippen LogP contribution in [0.3, 0.4) is 0 Å². The number of aliphatic hydroxyl groups excluding tert-OH is 1. The molecule has 0 aromatic rings. The number of amides is 2. The molecule has 10 heavy (non-hydrogen) atoms. The molecular weight excluding hydrogens is 136 g/mol. The van der Waals surface area contributed by atoms with Gasteiger partial charge in [0, 0.05) is 13.7 Å². The minimum Gasteiger partial charge on any atom is -0.389 e. The molecule has 0 aromatic carbocycles. The molecule has 0 aliphatic carbocycles. The number of nitrogens with one attached hydrogen (secondary N) is 1. The Morgan fingerprint density at radius 3 is 2.90 bits per heavy atom. The summed E-state index contributed by atoms with van der Waals surface area (Å²) in [6.45, 7) is 0.323. The molecule has 2 amide bonds. The summed E-state index contributed by atoms with van der Waals surface area (Å²) in [7, 11) is 1.47. The van der Waals surface area contributed by atoms with E-state index in [9.17, 15) is 4.79 Å². The predicted molar refractivity (Wildman–Crippen MR) is 35.5 cm³/mol. The first-order valence-electron chi connectivity index (χ1n) is 2.87.